The molecule has 7 rings (SSSR count). The molecule has 4 atom stereocenters. The number of ether oxygens (including phenoxy) is 2. The SMILES string of the molecule is NCCCC[C@H](NC(=O)[C@@H]1C[C@@H](OC(=O)N2CCN(S(=O)(=O)c3ccc(F)cc3)CC2)CN1C(=O)[C@@H](CCc1ccccc1)NC(=O)OCc1ccccc1)C(=O)c1nc2ccccc2o1. The third kappa shape index (κ3) is 11.9. The van der Waals surface area contributed by atoms with Crippen LogP contribution in [0.3, 0.4) is 0 Å². The number of amides is 4. The van der Waals surface area contributed by atoms with Crippen molar-refractivity contribution < 1.29 is 50.7 Å². The van der Waals surface area contributed by atoms with Gasteiger partial charge in [-0.3, -0.25) is 14.4 Å². The van der Waals surface area contributed by atoms with Crippen molar-refractivity contribution in [3.05, 3.63) is 132 Å². The number of hydrogen-bond acceptors (Lipinski definition) is 12. The number of piperazine rings is 1. The number of halogens is 1. The molecule has 0 radical (unpaired) electrons. The van der Waals surface area contributed by atoms with Crippen LogP contribution in [0.5, 0.6) is 0 Å². The molecule has 0 bridgehead atoms. The second-order valence-corrected chi connectivity index (χ2v) is 18.0. The summed E-state index contributed by atoms with van der Waals surface area (Å²) in [5.41, 5.74) is 8.23. The number of ketones is 1. The normalized spacial score (nSPS) is 17.5. The van der Waals surface area contributed by atoms with Crippen molar-refractivity contribution in [1.82, 2.24) is 29.7 Å². The van der Waals surface area contributed by atoms with Crippen molar-refractivity contribution in [2.75, 3.05) is 39.3 Å². The van der Waals surface area contributed by atoms with Crippen molar-refractivity contribution in [2.45, 2.75) is 74.3 Å². The smallest absolute Gasteiger partial charge is 0.410 e. The lowest BCUT2D eigenvalue weighted by atomic mass is 10.0. The maximum Gasteiger partial charge on any atom is 0.410 e. The number of likely N-dealkylation sites (tertiary alicyclic amines) is 1. The number of nitrogens with one attached hydrogen (secondary N) is 2. The summed E-state index contributed by atoms with van der Waals surface area (Å²) in [6.45, 7) is -0.158. The third-order valence-corrected chi connectivity index (χ3v) is 13.4. The lowest BCUT2D eigenvalue weighted by molar-refractivity contribution is -0.140. The molecule has 2 fully saturated rings. The van der Waals surface area contributed by atoms with E-state index in [0.717, 1.165) is 23.3 Å². The van der Waals surface area contributed by atoms with Crippen LogP contribution < -0.4 is 16.4 Å². The van der Waals surface area contributed by atoms with Gasteiger partial charge in [0.1, 0.15) is 36.1 Å². The minimum atomic E-state index is -3.97. The maximum atomic E-state index is 14.8. The number of unbranched alkanes of at least 4 members (excludes halogenated alkanes) is 1. The van der Waals surface area contributed by atoms with Gasteiger partial charge >= 0.3 is 12.2 Å². The van der Waals surface area contributed by atoms with E-state index >= 15 is 0 Å². The lowest BCUT2D eigenvalue weighted by Gasteiger charge is -2.34. The van der Waals surface area contributed by atoms with Crippen molar-refractivity contribution in [3.8, 4) is 0 Å². The van der Waals surface area contributed by atoms with Crippen molar-refractivity contribution in [1.29, 1.82) is 0 Å². The molecule has 5 aromatic rings. The number of oxazole rings is 1. The van der Waals surface area contributed by atoms with Crippen LogP contribution in [-0.2, 0) is 42.1 Å². The van der Waals surface area contributed by atoms with Gasteiger partial charge in [0.2, 0.25) is 27.6 Å². The Morgan fingerprint density at radius 3 is 2.15 bits per heavy atom. The van der Waals surface area contributed by atoms with Crippen LogP contribution in [0.4, 0.5) is 14.0 Å². The number of hydrogen-bond donors (Lipinski definition) is 3. The highest BCUT2D eigenvalue weighted by atomic mass is 32.2. The molecule has 1 aromatic heterocycles. The molecule has 0 unspecified atom stereocenters. The highest BCUT2D eigenvalue weighted by Crippen LogP contribution is 2.26. The molecule has 348 valence electrons. The van der Waals surface area contributed by atoms with Gasteiger partial charge in [-0.15, -0.1) is 0 Å². The Morgan fingerprint density at radius 1 is 0.803 bits per heavy atom. The van der Waals surface area contributed by atoms with Crippen molar-refractivity contribution >= 4 is 50.9 Å². The van der Waals surface area contributed by atoms with Gasteiger partial charge in [-0.05, 0) is 86.2 Å². The van der Waals surface area contributed by atoms with Crippen LogP contribution in [-0.4, -0.2) is 121 Å². The number of nitrogens with two attached hydrogens (primary N) is 1. The zero-order chi connectivity index (χ0) is 46.6. The molecule has 2 saturated heterocycles. The molecular formula is C47H52FN7O10S. The topological polar surface area (TPSA) is 224 Å². The number of benzene rings is 4. The molecule has 4 aromatic carbocycles. The number of alkyl carbamates (subject to hydrolysis) is 1. The molecule has 0 spiro atoms. The second-order valence-electron chi connectivity index (χ2n) is 16.1. The molecule has 2 aliphatic heterocycles. The zero-order valence-electron chi connectivity index (χ0n) is 36.1. The lowest BCUT2D eigenvalue weighted by Crippen LogP contribution is -2.55. The number of aryl methyl sites for hydroxylation is 1. The number of Topliss-reactive ketones (excluding diaryl/α,β-unsaturated/α-hetero) is 1. The standard InChI is InChI=1S/C47H52FN7O10S/c48-34-19-21-36(22-20-34)66(61,62)54-27-25-53(26-28-54)47(60)64-35-29-40(43(57)50-38(16-9-10-24-49)42(56)44-51-37-15-7-8-17-41(37)65-44)55(30-35)45(58)39(23-18-32-11-3-1-4-12-32)52-46(59)63-31-33-13-5-2-6-14-33/h1-8,11-15,17,19-22,35,38-40H,9-10,16,18,23-31,49H2,(H,50,57)(H,52,59)/t35-,38+,39-,40+/m1/s1. The fraction of sp³-hybridized carbons (Fsp3) is 0.362. The Bertz CT molecular complexity index is 2540. The number of carbonyl (C=O) groups is 5. The summed E-state index contributed by atoms with van der Waals surface area (Å²) in [4.78, 5) is 77.1. The number of fused-ring (bicyclic) bond motifs is 1. The van der Waals surface area contributed by atoms with Gasteiger partial charge in [-0.2, -0.15) is 4.31 Å². The minimum Gasteiger partial charge on any atom is -0.445 e. The second kappa shape index (κ2) is 22.0. The summed E-state index contributed by atoms with van der Waals surface area (Å²) in [6, 6.07) is 26.0. The molecule has 19 heteroatoms. The van der Waals surface area contributed by atoms with Crippen LogP contribution in [0, 0.1) is 5.82 Å². The molecule has 0 saturated carbocycles. The number of sulfonamides is 1. The quantitative estimate of drug-likeness (QED) is 0.0797. The predicted octanol–water partition coefficient (Wildman–Crippen LogP) is 4.80. The van der Waals surface area contributed by atoms with Gasteiger partial charge in [0.15, 0.2) is 5.58 Å². The first kappa shape index (κ1) is 47.3. The zero-order valence-corrected chi connectivity index (χ0v) is 36.9. The predicted molar refractivity (Wildman–Crippen MR) is 239 cm³/mol. The fourth-order valence-electron chi connectivity index (χ4n) is 7.94. The van der Waals surface area contributed by atoms with Gasteiger partial charge in [0.05, 0.1) is 17.5 Å². The molecule has 3 heterocycles. The van der Waals surface area contributed by atoms with E-state index in [1.807, 2.05) is 36.4 Å². The van der Waals surface area contributed by atoms with E-state index < -0.39 is 69.9 Å². The summed E-state index contributed by atoms with van der Waals surface area (Å²) < 4.78 is 58.4. The Morgan fingerprint density at radius 2 is 1.47 bits per heavy atom. The van der Waals surface area contributed by atoms with Gasteiger partial charge < -0.3 is 40.1 Å². The Labute approximate surface area is 381 Å². The average Bonchev–Trinajstić information content (AvgIpc) is 3.97. The van der Waals surface area contributed by atoms with Crippen molar-refractivity contribution in [3.63, 3.8) is 0 Å². The van der Waals surface area contributed by atoms with E-state index in [0.29, 0.717) is 36.9 Å². The van der Waals surface area contributed by atoms with Crippen LogP contribution in [0.25, 0.3) is 11.1 Å². The first-order chi connectivity index (χ1) is 31.9. The monoisotopic (exact) mass is 925 g/mol. The maximum absolute atomic E-state index is 14.8. The van der Waals surface area contributed by atoms with Gasteiger partial charge in [0, 0.05) is 32.6 Å². The van der Waals surface area contributed by atoms with Crippen LogP contribution in [0.1, 0.15) is 53.9 Å². The van der Waals surface area contributed by atoms with E-state index in [1.165, 1.54) is 26.2 Å². The highest BCUT2D eigenvalue weighted by Gasteiger charge is 2.45. The summed E-state index contributed by atoms with van der Waals surface area (Å²) in [6.07, 6.45) is -1.17. The Balaban J connectivity index is 1.10. The molecule has 2 aliphatic rings. The first-order valence-corrected chi connectivity index (χ1v) is 23.3. The third-order valence-electron chi connectivity index (χ3n) is 11.5. The van der Waals surface area contributed by atoms with E-state index in [1.54, 1.807) is 48.5 Å². The molecule has 17 nitrogen and oxygen atoms in total. The summed E-state index contributed by atoms with van der Waals surface area (Å²) in [5, 5.41) is 5.53. The number of carbonyl (C=O) groups excluding carboxylic acids is 5. The fourth-order valence-corrected chi connectivity index (χ4v) is 9.36. The van der Waals surface area contributed by atoms with Crippen LogP contribution in [0.2, 0.25) is 0 Å². The molecule has 4 N–H and O–H groups in total. The van der Waals surface area contributed by atoms with E-state index in [2.05, 4.69) is 15.6 Å². The minimum absolute atomic E-state index is 0.0302. The highest BCUT2D eigenvalue weighted by molar-refractivity contribution is 7.89. The van der Waals surface area contributed by atoms with Crippen LogP contribution >= 0.6 is 0 Å². The van der Waals surface area contributed by atoms with Gasteiger partial charge in [-0.25, -0.2) is 27.4 Å². The summed E-state index contributed by atoms with van der Waals surface area (Å²) in [5.74, 6) is -2.72. The first-order valence-electron chi connectivity index (χ1n) is 21.8. The number of nitrogens with zero attached hydrogens (tertiary/aromatic N) is 4. The Hall–Kier alpha value is -6.70. The molecular weight excluding hydrogens is 874 g/mol. The van der Waals surface area contributed by atoms with E-state index in [4.69, 9.17) is 19.6 Å². The molecule has 66 heavy (non-hydrogen) atoms. The van der Waals surface area contributed by atoms with Gasteiger partial charge in [0.25, 0.3) is 5.89 Å². The summed E-state index contributed by atoms with van der Waals surface area (Å²) in [7, 11) is -3.97. The Kier molecular flexibility index (Phi) is 15.7. The molecule has 4 amide bonds. The molecule has 0 aliphatic carbocycles. The number of rotatable bonds is 18. The average molecular weight is 926 g/mol. The van der Waals surface area contributed by atoms with Crippen LogP contribution in [0.15, 0.2) is 119 Å². The number of aromatic nitrogens is 1. The number of para-hydroxylation sites is 2. The van der Waals surface area contributed by atoms with Gasteiger partial charge in [-0.1, -0.05) is 72.8 Å². The summed E-state index contributed by atoms with van der Waals surface area (Å²) >= 11 is 0. The van der Waals surface area contributed by atoms with E-state index in [9.17, 15) is 36.8 Å². The van der Waals surface area contributed by atoms with E-state index in [-0.39, 0.29) is 69.4 Å². The van der Waals surface area contributed by atoms with Crippen molar-refractivity contribution in [2.24, 2.45) is 5.73 Å². The largest absolute Gasteiger partial charge is 0.445 e.